The summed E-state index contributed by atoms with van der Waals surface area (Å²) in [5.74, 6) is 0.0188. The second-order valence-electron chi connectivity index (χ2n) is 6.05. The molecule has 0 spiro atoms. The van der Waals surface area contributed by atoms with Gasteiger partial charge in [0.2, 0.25) is 0 Å². The molecule has 0 atom stereocenters. The van der Waals surface area contributed by atoms with Crippen LogP contribution in [-0.4, -0.2) is 30.9 Å². The van der Waals surface area contributed by atoms with E-state index in [-0.39, 0.29) is 11.6 Å². The lowest BCUT2D eigenvalue weighted by Crippen LogP contribution is -2.15. The Morgan fingerprint density at radius 3 is 2.27 bits per heavy atom. The summed E-state index contributed by atoms with van der Waals surface area (Å²) in [6.07, 6.45) is 3.33. The van der Waals surface area contributed by atoms with Crippen molar-refractivity contribution >= 4 is 46.6 Å². The van der Waals surface area contributed by atoms with Crippen LogP contribution >= 0.6 is 35.0 Å². The predicted molar refractivity (Wildman–Crippen MR) is 117 cm³/mol. The monoisotopic (exact) mass is 456 g/mol. The zero-order valence-electron chi connectivity index (χ0n) is 15.4. The second-order valence-corrected chi connectivity index (χ2v) is 7.87. The number of nitrogens with one attached hydrogen (secondary N) is 1. The summed E-state index contributed by atoms with van der Waals surface area (Å²) in [5, 5.41) is 12.9. The molecule has 0 bridgehead atoms. The number of rotatable bonds is 6. The Balaban J connectivity index is 1.65. The van der Waals surface area contributed by atoms with E-state index in [0.717, 1.165) is 5.69 Å². The van der Waals surface area contributed by atoms with Crippen LogP contribution in [0.3, 0.4) is 0 Å². The van der Waals surface area contributed by atoms with Gasteiger partial charge in [-0.05, 0) is 54.6 Å². The fraction of sp³-hybridized carbons (Fsp3) is 0.0500. The molecule has 1 N–H and O–H groups in total. The summed E-state index contributed by atoms with van der Waals surface area (Å²) in [4.78, 5) is 21.3. The maximum Gasteiger partial charge on any atom is 0.278 e. The Morgan fingerprint density at radius 2 is 1.60 bits per heavy atom. The first-order chi connectivity index (χ1) is 14.6. The first kappa shape index (κ1) is 20.3. The minimum atomic E-state index is -0.373. The second kappa shape index (κ2) is 9.25. The first-order valence-electron chi connectivity index (χ1n) is 8.77. The number of nitrogens with zero attached hydrogens (tertiary/aromatic N) is 5. The van der Waals surface area contributed by atoms with Crippen LogP contribution < -0.4 is 5.32 Å². The number of amides is 1. The average molecular weight is 457 g/mol. The van der Waals surface area contributed by atoms with Crippen LogP contribution in [0.1, 0.15) is 16.2 Å². The van der Waals surface area contributed by atoms with E-state index in [1.54, 1.807) is 59.5 Å². The van der Waals surface area contributed by atoms with Crippen LogP contribution in [0.15, 0.2) is 72.1 Å². The predicted octanol–water partition coefficient (Wildman–Crippen LogP) is 4.91. The van der Waals surface area contributed by atoms with Gasteiger partial charge in [0.05, 0.1) is 11.4 Å². The maximum atomic E-state index is 12.9. The van der Waals surface area contributed by atoms with E-state index in [9.17, 15) is 4.79 Å². The number of hydrogen-bond acceptors (Lipinski definition) is 6. The molecule has 1 amide bonds. The highest BCUT2D eigenvalue weighted by Gasteiger charge is 2.21. The summed E-state index contributed by atoms with van der Waals surface area (Å²) in [6.45, 7) is 0. The number of aromatic nitrogens is 5. The zero-order valence-corrected chi connectivity index (χ0v) is 17.7. The van der Waals surface area contributed by atoms with Crippen molar-refractivity contribution in [1.29, 1.82) is 0 Å². The molecule has 2 aromatic heterocycles. The van der Waals surface area contributed by atoms with E-state index >= 15 is 0 Å². The topological polar surface area (TPSA) is 85.6 Å². The van der Waals surface area contributed by atoms with Crippen molar-refractivity contribution in [3.05, 3.63) is 88.4 Å². The van der Waals surface area contributed by atoms with Crippen LogP contribution in [-0.2, 0) is 5.75 Å². The number of hydrogen-bond donors (Lipinski definition) is 1. The number of thioether (sulfide) groups is 1. The minimum absolute atomic E-state index is 0.211. The van der Waals surface area contributed by atoms with Gasteiger partial charge in [0.15, 0.2) is 10.9 Å². The smallest absolute Gasteiger partial charge is 0.278 e. The summed E-state index contributed by atoms with van der Waals surface area (Å²) < 4.78 is 1.61. The molecule has 10 heteroatoms. The van der Waals surface area contributed by atoms with E-state index in [1.807, 2.05) is 12.1 Å². The van der Waals surface area contributed by atoms with Crippen molar-refractivity contribution in [1.82, 2.24) is 25.0 Å². The number of anilines is 1. The molecule has 0 aliphatic rings. The molecule has 2 heterocycles. The van der Waals surface area contributed by atoms with Crippen LogP contribution in [0.25, 0.3) is 5.69 Å². The summed E-state index contributed by atoms with van der Waals surface area (Å²) in [7, 11) is 0. The van der Waals surface area contributed by atoms with Gasteiger partial charge in [-0.15, -0.1) is 5.10 Å². The van der Waals surface area contributed by atoms with Gasteiger partial charge >= 0.3 is 0 Å². The van der Waals surface area contributed by atoms with E-state index in [0.29, 0.717) is 32.3 Å². The Bertz CT molecular complexity index is 1150. The van der Waals surface area contributed by atoms with Crippen molar-refractivity contribution in [2.45, 2.75) is 10.9 Å². The molecule has 150 valence electrons. The summed E-state index contributed by atoms with van der Waals surface area (Å²) in [5.41, 5.74) is 2.17. The number of carbonyl (C=O) groups excluding carboxylic acids is 1. The summed E-state index contributed by atoms with van der Waals surface area (Å²) in [6, 6.07) is 15.7. The van der Waals surface area contributed by atoms with Gasteiger partial charge in [0, 0.05) is 33.9 Å². The molecule has 7 nitrogen and oxygen atoms in total. The maximum absolute atomic E-state index is 12.9. The Labute approximate surface area is 186 Å². The summed E-state index contributed by atoms with van der Waals surface area (Å²) >= 11 is 13.3. The fourth-order valence-electron chi connectivity index (χ4n) is 2.61. The zero-order chi connectivity index (χ0) is 20.9. The highest BCUT2D eigenvalue weighted by molar-refractivity contribution is 7.98. The van der Waals surface area contributed by atoms with E-state index in [4.69, 9.17) is 23.2 Å². The molecule has 0 aliphatic heterocycles. The first-order valence-corrected chi connectivity index (χ1v) is 10.5. The molecular weight excluding hydrogens is 443 g/mol. The fourth-order valence-corrected chi connectivity index (χ4v) is 3.66. The van der Waals surface area contributed by atoms with E-state index in [2.05, 4.69) is 25.6 Å². The standard InChI is InChI=1S/C20H14Cl2N6OS/c21-13-2-6-15(7-3-13)25-19(29)18-17(12-30-20-23-10-1-11-24-20)28(27-26-18)16-8-4-14(22)5-9-16/h1-11H,12H2,(H,25,29). The Morgan fingerprint density at radius 1 is 0.967 bits per heavy atom. The molecule has 2 aromatic carbocycles. The number of benzene rings is 2. The molecule has 0 fully saturated rings. The molecular formula is C20H14Cl2N6OS. The molecule has 0 radical (unpaired) electrons. The normalized spacial score (nSPS) is 10.7. The molecule has 0 saturated heterocycles. The van der Waals surface area contributed by atoms with Gasteiger partial charge < -0.3 is 5.32 Å². The highest BCUT2D eigenvalue weighted by Crippen LogP contribution is 2.24. The Kier molecular flexibility index (Phi) is 6.27. The molecule has 30 heavy (non-hydrogen) atoms. The highest BCUT2D eigenvalue weighted by atomic mass is 35.5. The van der Waals surface area contributed by atoms with Crippen molar-refractivity contribution in [3.8, 4) is 5.69 Å². The largest absolute Gasteiger partial charge is 0.321 e. The van der Waals surface area contributed by atoms with Crippen molar-refractivity contribution in [3.63, 3.8) is 0 Å². The third kappa shape index (κ3) is 4.79. The molecule has 0 unspecified atom stereocenters. The van der Waals surface area contributed by atoms with Crippen LogP contribution in [0.2, 0.25) is 10.0 Å². The van der Waals surface area contributed by atoms with Gasteiger partial charge in [0.1, 0.15) is 0 Å². The van der Waals surface area contributed by atoms with Crippen molar-refractivity contribution in [2.75, 3.05) is 5.32 Å². The van der Waals surface area contributed by atoms with Crippen molar-refractivity contribution in [2.24, 2.45) is 0 Å². The van der Waals surface area contributed by atoms with Crippen LogP contribution in [0, 0.1) is 0 Å². The SMILES string of the molecule is O=C(Nc1ccc(Cl)cc1)c1nnn(-c2ccc(Cl)cc2)c1CSc1ncccn1. The Hall–Kier alpha value is -2.94. The third-order valence-corrected chi connectivity index (χ3v) is 5.42. The lowest BCUT2D eigenvalue weighted by Gasteiger charge is -2.08. The average Bonchev–Trinajstić information content (AvgIpc) is 3.19. The molecule has 4 rings (SSSR count). The minimum Gasteiger partial charge on any atom is -0.321 e. The van der Waals surface area contributed by atoms with Gasteiger partial charge in [-0.3, -0.25) is 4.79 Å². The number of carbonyl (C=O) groups is 1. The van der Waals surface area contributed by atoms with Gasteiger partial charge in [-0.1, -0.05) is 40.2 Å². The van der Waals surface area contributed by atoms with Crippen molar-refractivity contribution < 1.29 is 4.79 Å². The molecule has 0 aliphatic carbocycles. The quantitative estimate of drug-likeness (QED) is 0.327. The van der Waals surface area contributed by atoms with E-state index in [1.165, 1.54) is 11.8 Å². The number of halogens is 2. The lowest BCUT2D eigenvalue weighted by molar-refractivity contribution is 0.102. The van der Waals surface area contributed by atoms with Gasteiger partial charge in [-0.25, -0.2) is 14.6 Å². The third-order valence-electron chi connectivity index (χ3n) is 4.03. The van der Waals surface area contributed by atoms with E-state index < -0.39 is 0 Å². The van der Waals surface area contributed by atoms with Gasteiger partial charge in [-0.2, -0.15) is 0 Å². The van der Waals surface area contributed by atoms with Crippen LogP contribution in [0.4, 0.5) is 5.69 Å². The molecule has 0 saturated carbocycles. The van der Waals surface area contributed by atoms with Crippen LogP contribution in [0.5, 0.6) is 0 Å². The van der Waals surface area contributed by atoms with Gasteiger partial charge in [0.25, 0.3) is 5.91 Å². The lowest BCUT2D eigenvalue weighted by atomic mass is 10.2. The molecule has 4 aromatic rings.